The zero-order valence-corrected chi connectivity index (χ0v) is 10.6. The standard InChI is InChI=1S/C14H20N2O/c1-11(2)10-17-8-7-16-9-12-5-3-4-6-13(12)14(16)15/h3-6,11,15H,7-10H2,1-2H3. The average Bonchev–Trinajstić information content (AvgIpc) is 2.63. The molecule has 1 aromatic rings. The fourth-order valence-corrected chi connectivity index (χ4v) is 2.03. The maximum absolute atomic E-state index is 8.08. The molecule has 0 radical (unpaired) electrons. The molecule has 1 heterocycles. The quantitative estimate of drug-likeness (QED) is 0.792. The Balaban J connectivity index is 1.84. The average molecular weight is 232 g/mol. The lowest BCUT2D eigenvalue weighted by Crippen LogP contribution is -2.28. The molecule has 92 valence electrons. The van der Waals surface area contributed by atoms with Crippen molar-refractivity contribution in [3.8, 4) is 0 Å². The Bertz CT molecular complexity index is 401. The number of ether oxygens (including phenoxy) is 1. The van der Waals surface area contributed by atoms with Crippen molar-refractivity contribution < 1.29 is 4.74 Å². The second-order valence-electron chi connectivity index (χ2n) is 4.90. The number of rotatable bonds is 5. The highest BCUT2D eigenvalue weighted by atomic mass is 16.5. The molecule has 0 amide bonds. The van der Waals surface area contributed by atoms with Gasteiger partial charge in [-0.05, 0) is 11.5 Å². The van der Waals surface area contributed by atoms with Crippen molar-refractivity contribution in [3.05, 3.63) is 35.4 Å². The van der Waals surface area contributed by atoms with Crippen molar-refractivity contribution in [1.29, 1.82) is 5.41 Å². The molecule has 2 rings (SSSR count). The van der Waals surface area contributed by atoms with Crippen molar-refractivity contribution >= 4 is 5.84 Å². The second-order valence-corrected chi connectivity index (χ2v) is 4.90. The van der Waals surface area contributed by atoms with Gasteiger partial charge in [0.25, 0.3) is 0 Å². The first-order valence-electron chi connectivity index (χ1n) is 6.18. The maximum atomic E-state index is 8.08. The van der Waals surface area contributed by atoms with Crippen molar-refractivity contribution in [2.24, 2.45) is 5.92 Å². The lowest BCUT2D eigenvalue weighted by atomic mass is 10.1. The van der Waals surface area contributed by atoms with E-state index in [0.29, 0.717) is 18.4 Å². The van der Waals surface area contributed by atoms with E-state index in [4.69, 9.17) is 10.1 Å². The van der Waals surface area contributed by atoms with E-state index in [-0.39, 0.29) is 0 Å². The minimum atomic E-state index is 0.574. The van der Waals surface area contributed by atoms with Gasteiger partial charge in [-0.3, -0.25) is 5.41 Å². The molecule has 1 N–H and O–H groups in total. The predicted octanol–water partition coefficient (Wildman–Crippen LogP) is 2.50. The van der Waals surface area contributed by atoms with Crippen molar-refractivity contribution in [3.63, 3.8) is 0 Å². The van der Waals surface area contributed by atoms with Crippen LogP contribution < -0.4 is 0 Å². The Morgan fingerprint density at radius 3 is 2.82 bits per heavy atom. The van der Waals surface area contributed by atoms with E-state index in [9.17, 15) is 0 Å². The van der Waals surface area contributed by atoms with Gasteiger partial charge in [0.2, 0.25) is 0 Å². The lowest BCUT2D eigenvalue weighted by Gasteiger charge is -2.18. The Morgan fingerprint density at radius 2 is 2.12 bits per heavy atom. The van der Waals surface area contributed by atoms with Crippen LogP contribution in [-0.2, 0) is 11.3 Å². The maximum Gasteiger partial charge on any atom is 0.128 e. The molecular weight excluding hydrogens is 212 g/mol. The normalized spacial score (nSPS) is 14.5. The molecule has 3 nitrogen and oxygen atoms in total. The number of amidine groups is 1. The zero-order chi connectivity index (χ0) is 12.3. The van der Waals surface area contributed by atoms with Gasteiger partial charge < -0.3 is 9.64 Å². The van der Waals surface area contributed by atoms with Crippen molar-refractivity contribution in [2.45, 2.75) is 20.4 Å². The van der Waals surface area contributed by atoms with Crippen LogP contribution >= 0.6 is 0 Å². The molecule has 0 unspecified atom stereocenters. The summed E-state index contributed by atoms with van der Waals surface area (Å²) in [4.78, 5) is 2.07. The number of nitrogens with zero attached hydrogens (tertiary/aromatic N) is 1. The van der Waals surface area contributed by atoms with Crippen molar-refractivity contribution in [2.75, 3.05) is 19.8 Å². The molecule has 1 aromatic carbocycles. The van der Waals surface area contributed by atoms with Crippen molar-refractivity contribution in [1.82, 2.24) is 4.90 Å². The summed E-state index contributed by atoms with van der Waals surface area (Å²) in [6.07, 6.45) is 0. The number of fused-ring (bicyclic) bond motifs is 1. The van der Waals surface area contributed by atoms with Gasteiger partial charge in [-0.15, -0.1) is 0 Å². The van der Waals surface area contributed by atoms with E-state index in [2.05, 4.69) is 24.8 Å². The molecular formula is C14H20N2O. The molecule has 0 saturated carbocycles. The van der Waals surface area contributed by atoms with Gasteiger partial charge in [0.05, 0.1) is 6.61 Å². The van der Waals surface area contributed by atoms with Crippen LogP contribution in [0.1, 0.15) is 25.0 Å². The summed E-state index contributed by atoms with van der Waals surface area (Å²) in [6, 6.07) is 8.14. The van der Waals surface area contributed by atoms with E-state index in [1.165, 1.54) is 5.56 Å². The Morgan fingerprint density at radius 1 is 1.35 bits per heavy atom. The predicted molar refractivity (Wildman–Crippen MR) is 69.3 cm³/mol. The van der Waals surface area contributed by atoms with Crippen LogP contribution in [0.3, 0.4) is 0 Å². The van der Waals surface area contributed by atoms with Gasteiger partial charge >= 0.3 is 0 Å². The SMILES string of the molecule is CC(C)COCCN1Cc2ccccc2C1=N. The van der Waals surface area contributed by atoms with E-state index in [0.717, 1.165) is 25.3 Å². The summed E-state index contributed by atoms with van der Waals surface area (Å²) in [5, 5.41) is 8.08. The molecule has 0 aromatic heterocycles. The molecule has 0 spiro atoms. The Labute approximate surface area is 103 Å². The minimum Gasteiger partial charge on any atom is -0.379 e. The first-order chi connectivity index (χ1) is 8.18. The molecule has 3 heteroatoms. The zero-order valence-electron chi connectivity index (χ0n) is 10.6. The summed E-state index contributed by atoms with van der Waals surface area (Å²) >= 11 is 0. The number of benzene rings is 1. The van der Waals surface area contributed by atoms with Gasteiger partial charge in [-0.2, -0.15) is 0 Å². The third-order valence-corrected chi connectivity index (χ3v) is 2.91. The smallest absolute Gasteiger partial charge is 0.128 e. The van der Waals surface area contributed by atoms with E-state index < -0.39 is 0 Å². The summed E-state index contributed by atoms with van der Waals surface area (Å²) in [7, 11) is 0. The van der Waals surface area contributed by atoms with Crippen LogP contribution in [0, 0.1) is 11.3 Å². The fraction of sp³-hybridized carbons (Fsp3) is 0.500. The topological polar surface area (TPSA) is 36.3 Å². The van der Waals surface area contributed by atoms with E-state index in [1.54, 1.807) is 0 Å². The molecule has 17 heavy (non-hydrogen) atoms. The lowest BCUT2D eigenvalue weighted by molar-refractivity contribution is 0.0987. The van der Waals surface area contributed by atoms with Gasteiger partial charge in [0.15, 0.2) is 0 Å². The first kappa shape index (κ1) is 12.1. The molecule has 0 saturated heterocycles. The van der Waals surface area contributed by atoms with E-state index >= 15 is 0 Å². The van der Waals surface area contributed by atoms with E-state index in [1.807, 2.05) is 18.2 Å². The first-order valence-corrected chi connectivity index (χ1v) is 6.18. The number of nitrogens with one attached hydrogen (secondary N) is 1. The van der Waals surface area contributed by atoms with Crippen LogP contribution in [0.25, 0.3) is 0 Å². The molecule has 0 fully saturated rings. The second kappa shape index (κ2) is 5.32. The molecule has 0 atom stereocenters. The third kappa shape index (κ3) is 2.86. The molecule has 0 aliphatic carbocycles. The van der Waals surface area contributed by atoms with Gasteiger partial charge in [0, 0.05) is 25.3 Å². The monoisotopic (exact) mass is 232 g/mol. The molecule has 0 bridgehead atoms. The minimum absolute atomic E-state index is 0.574. The van der Waals surface area contributed by atoms with Gasteiger partial charge in [-0.1, -0.05) is 38.1 Å². The molecule has 1 aliphatic heterocycles. The Kier molecular flexibility index (Phi) is 3.79. The van der Waals surface area contributed by atoms with Gasteiger partial charge in [-0.25, -0.2) is 0 Å². The van der Waals surface area contributed by atoms with Gasteiger partial charge in [0.1, 0.15) is 5.84 Å². The van der Waals surface area contributed by atoms with Crippen LogP contribution in [0.15, 0.2) is 24.3 Å². The highest BCUT2D eigenvalue weighted by Gasteiger charge is 2.22. The highest BCUT2D eigenvalue weighted by Crippen LogP contribution is 2.21. The number of hydrogen-bond acceptors (Lipinski definition) is 2. The van der Waals surface area contributed by atoms with Crippen LogP contribution in [0.5, 0.6) is 0 Å². The highest BCUT2D eigenvalue weighted by molar-refractivity contribution is 6.00. The number of hydrogen-bond donors (Lipinski definition) is 1. The summed E-state index contributed by atoms with van der Waals surface area (Å²) < 4.78 is 5.57. The summed E-state index contributed by atoms with van der Waals surface area (Å²) in [5.41, 5.74) is 2.32. The Hall–Kier alpha value is -1.35. The van der Waals surface area contributed by atoms with Crippen LogP contribution in [-0.4, -0.2) is 30.5 Å². The largest absolute Gasteiger partial charge is 0.379 e. The summed E-state index contributed by atoms with van der Waals surface area (Å²) in [6.45, 7) is 7.45. The summed E-state index contributed by atoms with van der Waals surface area (Å²) in [5.74, 6) is 1.21. The third-order valence-electron chi connectivity index (χ3n) is 2.91. The van der Waals surface area contributed by atoms with Crippen LogP contribution in [0.4, 0.5) is 0 Å². The fourth-order valence-electron chi connectivity index (χ4n) is 2.03. The van der Waals surface area contributed by atoms with Crippen LogP contribution in [0.2, 0.25) is 0 Å². The molecule has 1 aliphatic rings.